The zero-order chi connectivity index (χ0) is 33.6. The predicted molar refractivity (Wildman–Crippen MR) is 165 cm³/mol. The van der Waals surface area contributed by atoms with Crippen molar-refractivity contribution < 1.29 is 20.7 Å². The van der Waals surface area contributed by atoms with Crippen molar-refractivity contribution in [3.63, 3.8) is 0 Å². The number of rotatable bonds is 6. The lowest BCUT2D eigenvalue weighted by molar-refractivity contribution is -0.129. The smallest absolute Gasteiger partial charge is 0.347 e. The summed E-state index contributed by atoms with van der Waals surface area (Å²) in [6.45, 7) is 11.8. The number of aryl methyl sites for hydroxylation is 1. The molecule has 3 aromatic heterocycles. The van der Waals surface area contributed by atoms with Crippen LogP contribution in [0, 0.1) is 18.6 Å². The zero-order valence-electron chi connectivity index (χ0n) is 27.0. The largest absolute Gasteiger partial charge is 0.355 e. The molecule has 0 spiro atoms. The van der Waals surface area contributed by atoms with Crippen molar-refractivity contribution in [2.45, 2.75) is 52.6 Å². The first-order valence-corrected chi connectivity index (χ1v) is 14.2. The van der Waals surface area contributed by atoms with Crippen LogP contribution in [0.2, 0.25) is 0 Å². The monoisotopic (exact) mass is 604 g/mol. The highest BCUT2D eigenvalue weighted by Gasteiger charge is 2.36. The maximum absolute atomic E-state index is 16.2. The third-order valence-corrected chi connectivity index (χ3v) is 7.85. The van der Waals surface area contributed by atoms with E-state index in [1.807, 2.05) is 13.8 Å². The van der Waals surface area contributed by atoms with E-state index in [1.54, 1.807) is 37.9 Å². The minimum absolute atomic E-state index is 0.0189. The topological polar surface area (TPSA) is 84.2 Å². The molecule has 228 valence electrons. The first-order valence-electron chi connectivity index (χ1n) is 15.2. The van der Waals surface area contributed by atoms with Gasteiger partial charge in [-0.15, -0.1) is 0 Å². The fraction of sp³-hybridized carbons (Fsp3) is 0.303. The second-order valence-electron chi connectivity index (χ2n) is 11.3. The Balaban J connectivity index is 1.86. The van der Waals surface area contributed by atoms with Crippen molar-refractivity contribution in [1.82, 2.24) is 24.4 Å². The molecule has 8 nitrogen and oxygen atoms in total. The van der Waals surface area contributed by atoms with E-state index in [0.717, 1.165) is 18.2 Å². The molecule has 1 aromatic carbocycles. The molecule has 5 rings (SSSR count). The van der Waals surface area contributed by atoms with E-state index in [2.05, 4.69) is 21.5 Å². The molecule has 0 unspecified atom stereocenters. The Morgan fingerprint density at radius 1 is 1.14 bits per heavy atom. The van der Waals surface area contributed by atoms with Gasteiger partial charge in [0.2, 0.25) is 0 Å². The first kappa shape index (κ1) is 28.0. The van der Waals surface area contributed by atoms with E-state index in [9.17, 15) is 14.0 Å². The van der Waals surface area contributed by atoms with Crippen LogP contribution in [0.15, 0.2) is 60.3 Å². The summed E-state index contributed by atoms with van der Waals surface area (Å²) in [6, 6.07) is 5.83. The van der Waals surface area contributed by atoms with Crippen molar-refractivity contribution in [3.05, 3.63) is 94.4 Å². The number of benzene rings is 1. The van der Waals surface area contributed by atoms with Gasteiger partial charge in [0.25, 0.3) is 5.91 Å². The lowest BCUT2D eigenvalue weighted by atomic mass is 10.0. The van der Waals surface area contributed by atoms with Crippen molar-refractivity contribution in [2.24, 2.45) is 0 Å². The summed E-state index contributed by atoms with van der Waals surface area (Å²) in [4.78, 5) is 43.2. The van der Waals surface area contributed by atoms with Gasteiger partial charge in [-0.2, -0.15) is 4.98 Å². The van der Waals surface area contributed by atoms with Gasteiger partial charge in [0.1, 0.15) is 17.3 Å². The van der Waals surface area contributed by atoms with Crippen molar-refractivity contribution >= 4 is 28.8 Å². The Morgan fingerprint density at radius 2 is 1.84 bits per heavy atom. The van der Waals surface area contributed by atoms with E-state index < -0.39 is 53.4 Å². The third kappa shape index (κ3) is 5.16. The van der Waals surface area contributed by atoms with Gasteiger partial charge in [-0.05, 0) is 56.0 Å². The van der Waals surface area contributed by atoms with E-state index in [0.29, 0.717) is 16.9 Å². The van der Waals surface area contributed by atoms with E-state index in [4.69, 9.17) is 2.74 Å². The average Bonchev–Trinajstić information content (AvgIpc) is 2.96. The van der Waals surface area contributed by atoms with Crippen LogP contribution in [-0.2, 0) is 4.79 Å². The van der Waals surface area contributed by atoms with Crippen molar-refractivity contribution in [3.8, 4) is 16.9 Å². The summed E-state index contributed by atoms with van der Waals surface area (Å²) in [5.74, 6) is -3.72. The number of piperazine rings is 1. The van der Waals surface area contributed by atoms with Crippen LogP contribution in [0.25, 0.3) is 34.1 Å². The fourth-order valence-electron chi connectivity index (χ4n) is 5.95. The normalized spacial score (nSPS) is 17.5. The SMILES string of the molecule is [2H]C([2H])=Cc1cccc(F)c1-c1nc2c(cc1F)c(N1[C@@H](C)CN(C(=O)C(=C)F)C[C@@H]1C)nc(=O)n2-c1c(C)ccnc1C(C)C. The van der Waals surface area contributed by atoms with Crippen molar-refractivity contribution in [1.29, 1.82) is 0 Å². The summed E-state index contributed by atoms with van der Waals surface area (Å²) in [6.07, 6.45) is 2.70. The molecule has 0 bridgehead atoms. The number of fused-ring (bicyclic) bond motifs is 1. The van der Waals surface area contributed by atoms with Gasteiger partial charge in [0.05, 0.1) is 19.5 Å². The van der Waals surface area contributed by atoms with E-state index in [-0.39, 0.29) is 47.0 Å². The standard InChI is InChI=1S/C33H33F3N6O2/c1-8-22-10-9-11-24(35)26(22)28-25(36)14-23-30(38-28)42(29-18(4)12-13-37-27(29)17(2)3)33(44)39-31(23)41-19(5)15-40(16-20(41)6)32(43)21(7)34/h8-14,17,19-20H,1,7,15-16H2,2-6H3/t19-,20-/m0/s1/i1D2. The van der Waals surface area contributed by atoms with Gasteiger partial charge < -0.3 is 9.80 Å². The second kappa shape index (κ2) is 11.7. The maximum atomic E-state index is 16.2. The highest BCUT2D eigenvalue weighted by Crippen LogP contribution is 2.36. The zero-order valence-corrected chi connectivity index (χ0v) is 25.0. The van der Waals surface area contributed by atoms with Gasteiger partial charge in [0.15, 0.2) is 17.3 Å². The number of amides is 1. The lowest BCUT2D eigenvalue weighted by Gasteiger charge is -2.45. The highest BCUT2D eigenvalue weighted by atomic mass is 19.1. The highest BCUT2D eigenvalue weighted by molar-refractivity contribution is 5.93. The predicted octanol–water partition coefficient (Wildman–Crippen LogP) is 6.10. The molecule has 1 fully saturated rings. The fourth-order valence-corrected chi connectivity index (χ4v) is 5.95. The molecule has 0 radical (unpaired) electrons. The number of carbonyl (C=O) groups excluding carboxylic acids is 1. The average molecular weight is 605 g/mol. The van der Waals surface area contributed by atoms with Crippen LogP contribution < -0.4 is 10.6 Å². The third-order valence-electron chi connectivity index (χ3n) is 7.85. The molecule has 2 atom stereocenters. The van der Waals surface area contributed by atoms with Crippen LogP contribution in [-0.4, -0.2) is 55.5 Å². The van der Waals surface area contributed by atoms with Gasteiger partial charge in [-0.25, -0.2) is 27.5 Å². The van der Waals surface area contributed by atoms with Gasteiger partial charge in [-0.1, -0.05) is 45.2 Å². The number of nitrogens with zero attached hydrogens (tertiary/aromatic N) is 6. The molecular weight excluding hydrogens is 569 g/mol. The van der Waals surface area contributed by atoms with Crippen LogP contribution in [0.5, 0.6) is 0 Å². The molecular formula is C33H33F3N6O2. The summed E-state index contributed by atoms with van der Waals surface area (Å²) in [5, 5.41) is 0.141. The number of hydrogen-bond acceptors (Lipinski definition) is 6. The number of aromatic nitrogens is 4. The first-order chi connectivity index (χ1) is 21.7. The van der Waals surface area contributed by atoms with Crippen LogP contribution in [0.1, 0.15) is 53.2 Å². The quantitative estimate of drug-likeness (QED) is 0.247. The molecule has 4 aromatic rings. The minimum Gasteiger partial charge on any atom is -0.347 e. The van der Waals surface area contributed by atoms with Crippen LogP contribution in [0.4, 0.5) is 19.0 Å². The summed E-state index contributed by atoms with van der Waals surface area (Å²) < 4.78 is 61.8. The Morgan fingerprint density at radius 3 is 2.48 bits per heavy atom. The molecule has 44 heavy (non-hydrogen) atoms. The van der Waals surface area contributed by atoms with Crippen molar-refractivity contribution in [2.75, 3.05) is 18.0 Å². The molecule has 1 saturated heterocycles. The number of pyridine rings is 2. The molecule has 1 aliphatic heterocycles. The maximum Gasteiger partial charge on any atom is 0.355 e. The summed E-state index contributed by atoms with van der Waals surface area (Å²) in [5.41, 5.74) is 0.247. The molecule has 0 N–H and O–H groups in total. The minimum atomic E-state index is -1.09. The molecule has 1 aliphatic rings. The second-order valence-corrected chi connectivity index (χ2v) is 11.3. The number of anilines is 1. The van der Waals surface area contributed by atoms with E-state index >= 15 is 8.78 Å². The molecule has 0 aliphatic carbocycles. The van der Waals surface area contributed by atoms with Gasteiger partial charge in [0, 0.05) is 36.9 Å². The summed E-state index contributed by atoms with van der Waals surface area (Å²) >= 11 is 0. The van der Waals surface area contributed by atoms with Gasteiger partial charge in [-0.3, -0.25) is 9.78 Å². The number of carbonyl (C=O) groups is 1. The summed E-state index contributed by atoms with van der Waals surface area (Å²) in [7, 11) is 0. The van der Waals surface area contributed by atoms with Crippen LogP contribution >= 0.6 is 0 Å². The van der Waals surface area contributed by atoms with E-state index in [1.165, 1.54) is 21.6 Å². The molecule has 0 saturated carbocycles. The Kier molecular flexibility index (Phi) is 7.45. The Hall–Kier alpha value is -4.80. The molecule has 4 heterocycles. The molecule has 11 heteroatoms. The lowest BCUT2D eigenvalue weighted by Crippen LogP contribution is -2.59. The number of halogens is 3. The van der Waals surface area contributed by atoms with Crippen LogP contribution in [0.3, 0.4) is 0 Å². The Bertz CT molecular complexity index is 1960. The number of hydrogen-bond donors (Lipinski definition) is 0. The van der Waals surface area contributed by atoms with Gasteiger partial charge >= 0.3 is 5.69 Å². The Labute approximate surface area is 256 Å². The molecule has 1 amide bonds.